The highest BCUT2D eigenvalue weighted by molar-refractivity contribution is 6.76. The van der Waals surface area contributed by atoms with E-state index >= 15 is 0 Å². The Morgan fingerprint density at radius 3 is 2.15 bits per heavy atom. The maximum absolute atomic E-state index is 14.1. The summed E-state index contributed by atoms with van der Waals surface area (Å²) in [5.41, 5.74) is 3.76. The van der Waals surface area contributed by atoms with E-state index in [2.05, 4.69) is 45.1 Å². The molecule has 0 aliphatic heterocycles. The number of methoxy groups -OCH3 is 1. The number of hydrogen-bond donors (Lipinski definition) is 0. The van der Waals surface area contributed by atoms with E-state index in [-0.39, 0.29) is 33.6 Å². The van der Waals surface area contributed by atoms with E-state index in [0.29, 0.717) is 48.7 Å². The number of carbonyl (C=O) groups is 3. The quantitative estimate of drug-likeness (QED) is 0.0491. The topological polar surface area (TPSA) is 136 Å². The number of esters is 2. The summed E-state index contributed by atoms with van der Waals surface area (Å²) in [6, 6.07) is 10.7. The Hall–Kier alpha value is -4.53. The molecule has 0 N–H and O–H groups in total. The lowest BCUT2D eigenvalue weighted by Crippen LogP contribution is -2.64. The van der Waals surface area contributed by atoms with Gasteiger partial charge in [0.15, 0.2) is 5.69 Å². The molecule has 2 unspecified atom stereocenters. The van der Waals surface area contributed by atoms with E-state index < -0.39 is 31.2 Å². The van der Waals surface area contributed by atoms with Gasteiger partial charge in [0.1, 0.15) is 17.9 Å². The lowest BCUT2D eigenvalue weighted by atomic mass is 9.39. The predicted octanol–water partition coefficient (Wildman–Crippen LogP) is 10.9. The van der Waals surface area contributed by atoms with Crippen LogP contribution in [0.4, 0.5) is 4.79 Å². The van der Waals surface area contributed by atoms with Gasteiger partial charge in [-0.1, -0.05) is 39.6 Å². The van der Waals surface area contributed by atoms with Crippen LogP contribution >= 0.6 is 0 Å². The minimum atomic E-state index is -1.27. The highest BCUT2D eigenvalue weighted by atomic mass is 28.3. The van der Waals surface area contributed by atoms with Crippen molar-refractivity contribution in [2.75, 3.05) is 33.9 Å². The number of benzene rings is 1. The molecule has 0 saturated heterocycles. The summed E-state index contributed by atoms with van der Waals surface area (Å²) in [6.07, 6.45) is 9.56. The van der Waals surface area contributed by atoms with Gasteiger partial charge in [-0.3, -0.25) is 4.68 Å². The highest BCUT2D eigenvalue weighted by Crippen LogP contribution is 2.72. The lowest BCUT2D eigenvalue weighted by molar-refractivity contribution is -0.248. The van der Waals surface area contributed by atoms with E-state index in [0.717, 1.165) is 67.0 Å². The van der Waals surface area contributed by atoms with Gasteiger partial charge in [-0.25, -0.2) is 19.4 Å². The first kappa shape index (κ1) is 48.4. The third kappa shape index (κ3) is 10.9. The average molecular weight is 912 g/mol. The fourth-order valence-electron chi connectivity index (χ4n) is 11.9. The van der Waals surface area contributed by atoms with Crippen molar-refractivity contribution in [1.82, 2.24) is 24.2 Å². The number of pyridine rings is 1. The van der Waals surface area contributed by atoms with Gasteiger partial charge in [0.05, 0.1) is 42.3 Å². The summed E-state index contributed by atoms with van der Waals surface area (Å²) in [6.45, 7) is 27.6. The average Bonchev–Trinajstić information content (AvgIpc) is 3.71. The van der Waals surface area contributed by atoms with Crippen molar-refractivity contribution in [1.29, 1.82) is 0 Å². The highest BCUT2D eigenvalue weighted by Gasteiger charge is 2.66. The molecule has 1 aromatic carbocycles. The SMILES string of the molecule is COC(=O)c1cn(COCC[Si](C)(C)C)c2ccc(-c3ccc(-c4cnn(CC56CC7(C)CC(C)(C5)CC(OCCN(C)C(=O)OC(C)(C)C)(C7)C6)c4C)c(C(=O)OC(C)(C)C)n3)cc12. The summed E-state index contributed by atoms with van der Waals surface area (Å²) >= 11 is 0. The van der Waals surface area contributed by atoms with E-state index in [1.807, 2.05) is 82.6 Å². The van der Waals surface area contributed by atoms with Crippen molar-refractivity contribution in [3.8, 4) is 22.4 Å². The van der Waals surface area contributed by atoms with Crippen LogP contribution in [0.15, 0.2) is 42.7 Å². The van der Waals surface area contributed by atoms with Crippen LogP contribution < -0.4 is 0 Å². The van der Waals surface area contributed by atoms with Gasteiger partial charge in [0.2, 0.25) is 0 Å². The smallest absolute Gasteiger partial charge is 0.410 e. The summed E-state index contributed by atoms with van der Waals surface area (Å²) in [5, 5.41) is 5.72. The molecule has 4 aliphatic carbocycles. The first-order chi connectivity index (χ1) is 30.1. The molecule has 3 aromatic heterocycles. The fourth-order valence-corrected chi connectivity index (χ4v) is 12.6. The first-order valence-corrected chi connectivity index (χ1v) is 27.0. The number of amides is 1. The van der Waals surface area contributed by atoms with Gasteiger partial charge in [0.25, 0.3) is 0 Å². The van der Waals surface area contributed by atoms with Crippen LogP contribution in [0, 0.1) is 23.2 Å². The molecular weight excluding hydrogens is 839 g/mol. The normalized spacial score (nSPS) is 24.1. The van der Waals surface area contributed by atoms with Gasteiger partial charge in [-0.15, -0.1) is 0 Å². The minimum absolute atomic E-state index is 0.0415. The van der Waals surface area contributed by atoms with Crippen LogP contribution in [-0.2, 0) is 37.0 Å². The third-order valence-corrected chi connectivity index (χ3v) is 15.1. The fraction of sp³-hybridized carbons (Fsp3) is 0.627. The summed E-state index contributed by atoms with van der Waals surface area (Å²) in [5.74, 6) is -0.974. The van der Waals surface area contributed by atoms with Crippen molar-refractivity contribution in [2.45, 2.75) is 157 Å². The Balaban J connectivity index is 1.17. The van der Waals surface area contributed by atoms with Crippen molar-refractivity contribution < 1.29 is 38.1 Å². The molecular formula is C51H73N5O8Si. The summed E-state index contributed by atoms with van der Waals surface area (Å²) in [4.78, 5) is 46.6. The molecule has 8 rings (SSSR count). The molecule has 4 saturated carbocycles. The monoisotopic (exact) mass is 912 g/mol. The number of hydrogen-bond acceptors (Lipinski definition) is 10. The zero-order chi connectivity index (χ0) is 47.5. The molecule has 13 nitrogen and oxygen atoms in total. The number of carbonyl (C=O) groups excluding carboxylic acids is 3. The Morgan fingerprint density at radius 2 is 1.52 bits per heavy atom. The van der Waals surface area contributed by atoms with Crippen molar-refractivity contribution >= 4 is 37.0 Å². The van der Waals surface area contributed by atoms with Gasteiger partial charge in [-0.2, -0.15) is 5.10 Å². The zero-order valence-corrected chi connectivity index (χ0v) is 42.5. The molecule has 4 aliphatic rings. The molecule has 0 radical (unpaired) electrons. The molecule has 1 amide bonds. The summed E-state index contributed by atoms with van der Waals surface area (Å²) in [7, 11) is 1.87. The second kappa shape index (κ2) is 17.3. The van der Waals surface area contributed by atoms with Crippen LogP contribution in [0.5, 0.6) is 0 Å². The number of ether oxygens (including phenoxy) is 5. The number of nitrogens with zero attached hydrogens (tertiary/aromatic N) is 5. The molecule has 2 atom stereocenters. The molecule has 0 spiro atoms. The van der Waals surface area contributed by atoms with Crippen LogP contribution in [0.2, 0.25) is 25.7 Å². The van der Waals surface area contributed by atoms with Crippen molar-refractivity contribution in [2.24, 2.45) is 16.2 Å². The predicted molar refractivity (Wildman–Crippen MR) is 256 cm³/mol. The Morgan fingerprint density at radius 1 is 0.846 bits per heavy atom. The Labute approximate surface area is 386 Å². The maximum Gasteiger partial charge on any atom is 0.410 e. The van der Waals surface area contributed by atoms with Crippen LogP contribution in [0.3, 0.4) is 0 Å². The molecule has 4 fully saturated rings. The van der Waals surface area contributed by atoms with Gasteiger partial charge in [-0.05, 0) is 134 Å². The van der Waals surface area contributed by atoms with E-state index in [1.165, 1.54) is 13.5 Å². The van der Waals surface area contributed by atoms with Gasteiger partial charge in [0, 0.05) is 68.8 Å². The largest absolute Gasteiger partial charge is 0.465 e. The molecule has 3 heterocycles. The number of aromatic nitrogens is 4. The van der Waals surface area contributed by atoms with Crippen molar-refractivity contribution in [3.05, 3.63) is 59.7 Å². The molecule has 354 valence electrons. The number of likely N-dealkylation sites (N-methyl/N-ethyl adjacent to an activating group) is 1. The molecule has 14 heteroatoms. The van der Waals surface area contributed by atoms with E-state index in [1.54, 1.807) is 18.1 Å². The van der Waals surface area contributed by atoms with Gasteiger partial charge < -0.3 is 33.2 Å². The third-order valence-electron chi connectivity index (χ3n) is 13.4. The van der Waals surface area contributed by atoms with Crippen molar-refractivity contribution in [3.63, 3.8) is 0 Å². The summed E-state index contributed by atoms with van der Waals surface area (Å²) < 4.78 is 33.8. The molecule has 4 aromatic rings. The molecule has 65 heavy (non-hydrogen) atoms. The van der Waals surface area contributed by atoms with Crippen LogP contribution in [-0.4, -0.2) is 101 Å². The first-order valence-electron chi connectivity index (χ1n) is 23.3. The Kier molecular flexibility index (Phi) is 12.9. The second-order valence-corrected chi connectivity index (χ2v) is 29.2. The maximum atomic E-state index is 14.1. The van der Waals surface area contributed by atoms with Crippen LogP contribution in [0.1, 0.15) is 120 Å². The van der Waals surface area contributed by atoms with Gasteiger partial charge >= 0.3 is 18.0 Å². The molecule has 4 bridgehead atoms. The van der Waals surface area contributed by atoms with Crippen LogP contribution in [0.25, 0.3) is 33.3 Å². The van der Waals surface area contributed by atoms with E-state index in [9.17, 15) is 14.4 Å². The zero-order valence-electron chi connectivity index (χ0n) is 41.5. The Bertz CT molecular complexity index is 2430. The van der Waals surface area contributed by atoms with E-state index in [4.69, 9.17) is 33.8 Å². The number of rotatable bonds is 15. The standard InChI is InChI=1S/C51H73N5O8Si/c1-34-38(24-52-56(34)32-50-27-48(8)26-49(9,28-50)30-51(29-48,31-50)62-20-19-54(10)45(59)64-47(5,6)7)36-16-17-40(53-42(36)44(58)63-46(2,3)4)35-15-18-41-37(23-35)39(43(57)60-11)25-55(41)33-61-21-22-65(12,13)14/h15-18,23-25H,19-22,26-33H2,1-14H3. The second-order valence-electron chi connectivity index (χ2n) is 23.6. The minimum Gasteiger partial charge on any atom is -0.465 e. The number of fused-ring (bicyclic) bond motifs is 1. The lowest BCUT2D eigenvalue weighted by Gasteiger charge is -2.69.